The van der Waals surface area contributed by atoms with E-state index in [1.54, 1.807) is 42.1 Å². The summed E-state index contributed by atoms with van der Waals surface area (Å²) >= 11 is 1.58. The van der Waals surface area contributed by atoms with E-state index in [9.17, 15) is 33.9 Å². The van der Waals surface area contributed by atoms with Crippen LogP contribution in [0.4, 0.5) is 5.82 Å². The van der Waals surface area contributed by atoms with E-state index in [1.165, 1.54) is 4.90 Å². The van der Waals surface area contributed by atoms with Crippen molar-refractivity contribution in [1.82, 2.24) is 50.5 Å². The summed E-state index contributed by atoms with van der Waals surface area (Å²) in [7, 11) is 0. The molecule has 0 bridgehead atoms. The molecule has 7 heterocycles. The summed E-state index contributed by atoms with van der Waals surface area (Å²) in [6.45, 7) is 14.9. The van der Waals surface area contributed by atoms with Crippen LogP contribution in [-0.2, 0) is 30.5 Å². The Morgan fingerprint density at radius 2 is 1.55 bits per heavy atom. The number of unbranched alkanes of at least 4 members (excludes halogenated alkanes) is 3. The largest absolute Gasteiger partial charge is 0.391 e. The van der Waals surface area contributed by atoms with Gasteiger partial charge in [-0.05, 0) is 104 Å². The van der Waals surface area contributed by atoms with E-state index in [1.807, 2.05) is 91.5 Å². The number of carbonyl (C=O) groups excluding carboxylic acids is 6. The first-order valence-corrected chi connectivity index (χ1v) is 29.9. The van der Waals surface area contributed by atoms with Crippen molar-refractivity contribution in [3.05, 3.63) is 101 Å². The average molecular weight is 1110 g/mol. The standard InChI is InChI=1S/C61H83N11O7S/c1-43-56(80-42-66-43)47-18-15-46(16-19-47)39-65-58(77)51-37-50(73)41-72(51)60(79)57(61(2,3)4)67-54(75)13-6-5-7-14-55(76)70-35-33-68(34-36-70)49-25-31-69(32-26-49)52-21-20-48(40-64-52)59(78)71-29-23-44(24-30-71)11-8-9-28-63-53(74)22-17-45-12-10-27-62-38-45/h10,12,15-22,27,38,40,42,44,49-51,57,73H,5-9,11,13-14,23-26,28-37,39,41H2,1-4H3,(H,63,74)(H,65,77)(H,67,75)/b22-17+/t50-,51+,57-/m1/s1. The minimum atomic E-state index is -0.898. The molecule has 0 radical (unpaired) electrons. The summed E-state index contributed by atoms with van der Waals surface area (Å²) in [6, 6.07) is 14.2. The van der Waals surface area contributed by atoms with Crippen LogP contribution in [0.25, 0.3) is 16.5 Å². The first-order valence-electron chi connectivity index (χ1n) is 29.0. The molecule has 4 aliphatic heterocycles. The number of carbonyl (C=O) groups is 6. The van der Waals surface area contributed by atoms with Gasteiger partial charge in [-0.2, -0.15) is 0 Å². The molecule has 3 aromatic heterocycles. The molecule has 0 aliphatic carbocycles. The fourth-order valence-electron chi connectivity index (χ4n) is 11.5. The van der Waals surface area contributed by atoms with Gasteiger partial charge in [-0.1, -0.05) is 70.4 Å². The Hall–Kier alpha value is -6.57. The number of aliphatic hydroxyl groups is 1. The van der Waals surface area contributed by atoms with Gasteiger partial charge < -0.3 is 40.7 Å². The summed E-state index contributed by atoms with van der Waals surface area (Å²) < 4.78 is 0. The monoisotopic (exact) mass is 1110 g/mol. The van der Waals surface area contributed by atoms with Gasteiger partial charge in [-0.3, -0.25) is 38.7 Å². The molecule has 0 unspecified atom stereocenters. The van der Waals surface area contributed by atoms with Gasteiger partial charge in [0.25, 0.3) is 5.91 Å². The number of aryl methyl sites for hydroxylation is 1. The van der Waals surface area contributed by atoms with E-state index in [2.05, 4.69) is 35.7 Å². The lowest BCUT2D eigenvalue weighted by Crippen LogP contribution is -2.57. The Kier molecular flexibility index (Phi) is 21.4. The van der Waals surface area contributed by atoms with Crippen molar-refractivity contribution in [3.63, 3.8) is 0 Å². The number of thiazole rings is 1. The molecule has 6 amide bonds. The molecular formula is C61H83N11O7S. The van der Waals surface area contributed by atoms with Crippen LogP contribution in [-0.4, -0.2) is 165 Å². The second-order valence-electron chi connectivity index (χ2n) is 23.2. The van der Waals surface area contributed by atoms with E-state index < -0.39 is 29.5 Å². The van der Waals surface area contributed by atoms with E-state index in [4.69, 9.17) is 4.98 Å². The number of benzene rings is 1. The molecule has 8 rings (SSSR count). The van der Waals surface area contributed by atoms with Gasteiger partial charge in [0, 0.05) is 122 Å². The molecule has 80 heavy (non-hydrogen) atoms. The Balaban J connectivity index is 0.669. The maximum atomic E-state index is 14.1. The van der Waals surface area contributed by atoms with Crippen molar-refractivity contribution in [3.8, 4) is 10.4 Å². The zero-order valence-electron chi connectivity index (χ0n) is 47.3. The number of nitrogens with zero attached hydrogens (tertiary/aromatic N) is 8. The van der Waals surface area contributed by atoms with Crippen LogP contribution in [0, 0.1) is 18.3 Å². The third-order valence-corrected chi connectivity index (χ3v) is 17.3. The first-order chi connectivity index (χ1) is 38.6. The summed E-state index contributed by atoms with van der Waals surface area (Å²) in [4.78, 5) is 104. The molecule has 3 atom stereocenters. The number of hydrogen-bond donors (Lipinski definition) is 4. The normalized spacial score (nSPS) is 19.1. The van der Waals surface area contributed by atoms with Crippen LogP contribution in [0.2, 0.25) is 0 Å². The number of amides is 6. The predicted octanol–water partition coefficient (Wildman–Crippen LogP) is 6.63. The number of anilines is 1. The third kappa shape index (κ3) is 16.8. The molecule has 4 aliphatic rings. The van der Waals surface area contributed by atoms with Crippen LogP contribution in [0.3, 0.4) is 0 Å². The number of likely N-dealkylation sites (tertiary alicyclic amines) is 2. The van der Waals surface area contributed by atoms with Crippen molar-refractivity contribution >= 4 is 58.7 Å². The number of piperazine rings is 1. The van der Waals surface area contributed by atoms with E-state index in [0.29, 0.717) is 62.8 Å². The molecular weight excluding hydrogens is 1030 g/mol. The summed E-state index contributed by atoms with van der Waals surface area (Å²) in [6.07, 6.45) is 17.4. The molecule has 18 nitrogen and oxygen atoms in total. The molecule has 1 aromatic carbocycles. The van der Waals surface area contributed by atoms with Gasteiger partial charge in [0.1, 0.15) is 17.9 Å². The molecule has 0 spiro atoms. The second-order valence-corrected chi connectivity index (χ2v) is 24.0. The van der Waals surface area contributed by atoms with Crippen molar-refractivity contribution in [2.45, 2.75) is 142 Å². The van der Waals surface area contributed by atoms with Gasteiger partial charge >= 0.3 is 0 Å². The van der Waals surface area contributed by atoms with Crippen LogP contribution in [0.1, 0.15) is 131 Å². The highest BCUT2D eigenvalue weighted by atomic mass is 32.1. The van der Waals surface area contributed by atoms with Crippen LogP contribution >= 0.6 is 11.3 Å². The topological polar surface area (TPSA) is 214 Å². The summed E-state index contributed by atoms with van der Waals surface area (Å²) in [5, 5.41) is 19.5. The summed E-state index contributed by atoms with van der Waals surface area (Å²) in [5.41, 5.74) is 5.61. The molecule has 0 saturated carbocycles. The van der Waals surface area contributed by atoms with Gasteiger partial charge in [0.2, 0.25) is 29.5 Å². The lowest BCUT2D eigenvalue weighted by atomic mass is 9.85. The Morgan fingerprint density at radius 1 is 0.800 bits per heavy atom. The zero-order valence-corrected chi connectivity index (χ0v) is 48.1. The zero-order chi connectivity index (χ0) is 56.6. The number of pyridine rings is 2. The maximum absolute atomic E-state index is 14.1. The minimum absolute atomic E-state index is 0.00846. The number of aromatic nitrogens is 3. The number of hydrogen-bond acceptors (Lipinski definition) is 13. The molecule has 430 valence electrons. The van der Waals surface area contributed by atoms with Gasteiger partial charge in [0.15, 0.2) is 0 Å². The highest BCUT2D eigenvalue weighted by molar-refractivity contribution is 7.13. The van der Waals surface area contributed by atoms with Crippen LogP contribution < -0.4 is 20.9 Å². The SMILES string of the molecule is Cc1ncsc1-c1ccc(CNC(=O)[C@@H]2C[C@@H](O)CN2C(=O)[C@@H](NC(=O)CCCCCC(=O)N2CCN(C3CCN(c4ccc(C(=O)N5CCC(CCCCNC(=O)/C=C/c6cccnc6)CC5)cn4)CC3)CC2)C(C)(C)C)cc1. The minimum Gasteiger partial charge on any atom is -0.391 e. The van der Waals surface area contributed by atoms with Crippen molar-refractivity contribution in [2.24, 2.45) is 11.3 Å². The van der Waals surface area contributed by atoms with Crippen molar-refractivity contribution in [1.29, 1.82) is 0 Å². The van der Waals surface area contributed by atoms with Crippen molar-refractivity contribution < 1.29 is 33.9 Å². The van der Waals surface area contributed by atoms with E-state index in [0.717, 1.165) is 117 Å². The molecule has 4 aromatic rings. The Bertz CT molecular complexity index is 2710. The lowest BCUT2D eigenvalue weighted by molar-refractivity contribution is -0.144. The predicted molar refractivity (Wildman–Crippen MR) is 311 cm³/mol. The van der Waals surface area contributed by atoms with E-state index >= 15 is 0 Å². The highest BCUT2D eigenvalue weighted by Crippen LogP contribution is 2.30. The number of β-amino-alcohol motifs (C(OH)–C–C–N with tert-alkyl or cyclic N) is 1. The molecule has 4 saturated heterocycles. The number of nitrogens with one attached hydrogen (secondary N) is 3. The smallest absolute Gasteiger partial charge is 0.255 e. The number of rotatable bonds is 22. The van der Waals surface area contributed by atoms with Crippen LogP contribution in [0.15, 0.2) is 78.7 Å². The Labute approximate surface area is 476 Å². The quantitative estimate of drug-likeness (QED) is 0.0482. The second kappa shape index (κ2) is 28.7. The molecule has 4 fully saturated rings. The third-order valence-electron chi connectivity index (χ3n) is 16.3. The van der Waals surface area contributed by atoms with Gasteiger partial charge in [-0.15, -0.1) is 11.3 Å². The van der Waals surface area contributed by atoms with Crippen molar-refractivity contribution in [2.75, 3.05) is 70.3 Å². The van der Waals surface area contributed by atoms with Gasteiger partial charge in [0.05, 0.1) is 27.7 Å². The fraction of sp³-hybridized carbons (Fsp3) is 0.557. The summed E-state index contributed by atoms with van der Waals surface area (Å²) in [5.74, 6) is 0.566. The molecule has 19 heteroatoms. The maximum Gasteiger partial charge on any atom is 0.255 e. The van der Waals surface area contributed by atoms with Crippen LogP contribution in [0.5, 0.6) is 0 Å². The van der Waals surface area contributed by atoms with E-state index in [-0.39, 0.29) is 55.5 Å². The lowest BCUT2D eigenvalue weighted by Gasteiger charge is -2.43. The molecule has 4 N–H and O–H groups in total. The Morgan fingerprint density at radius 3 is 2.23 bits per heavy atom. The first kappa shape index (κ1) is 59.5. The highest BCUT2D eigenvalue weighted by Gasteiger charge is 2.44. The average Bonchev–Trinajstić information content (AvgIpc) is 4.11. The number of aliphatic hydroxyl groups excluding tert-OH is 1. The number of piperidine rings is 2. The van der Waals surface area contributed by atoms with Gasteiger partial charge in [-0.25, -0.2) is 9.97 Å². The fourth-order valence-corrected chi connectivity index (χ4v) is 12.3.